The van der Waals surface area contributed by atoms with E-state index in [1.54, 1.807) is 32.8 Å². The van der Waals surface area contributed by atoms with Crippen molar-refractivity contribution < 1.29 is 14.0 Å². The SMILES string of the molecule is CC(=O)N1CCN(C(=O)c2cnn(-c3ccc(F)cc3)c2C)CC1. The van der Waals surface area contributed by atoms with Gasteiger partial charge in [0, 0.05) is 33.1 Å². The van der Waals surface area contributed by atoms with Crippen molar-refractivity contribution in [3.8, 4) is 5.69 Å². The van der Waals surface area contributed by atoms with Crippen LogP contribution in [-0.4, -0.2) is 57.6 Å². The third-order valence-corrected chi connectivity index (χ3v) is 4.32. The fourth-order valence-electron chi connectivity index (χ4n) is 2.86. The van der Waals surface area contributed by atoms with Crippen molar-refractivity contribution in [3.63, 3.8) is 0 Å². The summed E-state index contributed by atoms with van der Waals surface area (Å²) in [6.07, 6.45) is 1.54. The summed E-state index contributed by atoms with van der Waals surface area (Å²) in [4.78, 5) is 27.5. The predicted molar refractivity (Wildman–Crippen MR) is 86.4 cm³/mol. The van der Waals surface area contributed by atoms with Gasteiger partial charge in [-0.15, -0.1) is 0 Å². The maximum Gasteiger partial charge on any atom is 0.257 e. The van der Waals surface area contributed by atoms with Crippen LogP contribution in [0.1, 0.15) is 23.0 Å². The predicted octanol–water partition coefficient (Wildman–Crippen LogP) is 1.62. The third-order valence-electron chi connectivity index (χ3n) is 4.32. The van der Waals surface area contributed by atoms with E-state index in [1.807, 2.05) is 6.92 Å². The van der Waals surface area contributed by atoms with Crippen LogP contribution in [0.15, 0.2) is 30.5 Å². The Kier molecular flexibility index (Phi) is 4.33. The van der Waals surface area contributed by atoms with E-state index < -0.39 is 0 Å². The molecule has 0 unspecified atom stereocenters. The first kappa shape index (κ1) is 16.2. The molecule has 3 rings (SSSR count). The molecule has 6 nitrogen and oxygen atoms in total. The highest BCUT2D eigenvalue weighted by molar-refractivity contribution is 5.95. The highest BCUT2D eigenvalue weighted by Gasteiger charge is 2.25. The van der Waals surface area contributed by atoms with Gasteiger partial charge in [-0.2, -0.15) is 5.10 Å². The minimum Gasteiger partial charge on any atom is -0.339 e. The normalized spacial score (nSPS) is 14.8. The first-order valence-corrected chi connectivity index (χ1v) is 7.82. The zero-order valence-corrected chi connectivity index (χ0v) is 13.7. The largest absolute Gasteiger partial charge is 0.339 e. The molecule has 7 heteroatoms. The lowest BCUT2D eigenvalue weighted by Crippen LogP contribution is -2.50. The van der Waals surface area contributed by atoms with Gasteiger partial charge in [-0.1, -0.05) is 0 Å². The number of hydrogen-bond donors (Lipinski definition) is 0. The molecule has 0 bridgehead atoms. The molecule has 1 aromatic heterocycles. The van der Waals surface area contributed by atoms with Crippen molar-refractivity contribution >= 4 is 11.8 Å². The summed E-state index contributed by atoms with van der Waals surface area (Å²) in [5.41, 5.74) is 1.94. The highest BCUT2D eigenvalue weighted by atomic mass is 19.1. The van der Waals surface area contributed by atoms with Gasteiger partial charge >= 0.3 is 0 Å². The maximum absolute atomic E-state index is 13.0. The van der Waals surface area contributed by atoms with Crippen LogP contribution < -0.4 is 0 Å². The van der Waals surface area contributed by atoms with E-state index in [0.717, 1.165) is 0 Å². The van der Waals surface area contributed by atoms with Crippen molar-refractivity contribution in [2.45, 2.75) is 13.8 Å². The van der Waals surface area contributed by atoms with Gasteiger partial charge in [0.1, 0.15) is 5.82 Å². The summed E-state index contributed by atoms with van der Waals surface area (Å²) in [6, 6.07) is 5.96. The molecule has 0 spiro atoms. The Bertz CT molecular complexity index is 761. The number of carbonyl (C=O) groups excluding carboxylic acids is 2. The molecule has 1 aromatic carbocycles. The summed E-state index contributed by atoms with van der Waals surface area (Å²) < 4.78 is 14.7. The van der Waals surface area contributed by atoms with Crippen molar-refractivity contribution in [3.05, 3.63) is 47.5 Å². The lowest BCUT2D eigenvalue weighted by atomic mass is 10.2. The summed E-state index contributed by atoms with van der Waals surface area (Å²) in [5.74, 6) is -0.380. The molecule has 1 saturated heterocycles. The Morgan fingerprint density at radius 3 is 2.21 bits per heavy atom. The molecular formula is C17H19FN4O2. The van der Waals surface area contributed by atoms with Gasteiger partial charge in [0.15, 0.2) is 0 Å². The molecular weight excluding hydrogens is 311 g/mol. The monoisotopic (exact) mass is 330 g/mol. The zero-order valence-electron chi connectivity index (χ0n) is 13.7. The Morgan fingerprint density at radius 1 is 1.04 bits per heavy atom. The van der Waals surface area contributed by atoms with Crippen molar-refractivity contribution in [1.82, 2.24) is 19.6 Å². The van der Waals surface area contributed by atoms with E-state index in [4.69, 9.17) is 0 Å². The summed E-state index contributed by atoms with van der Waals surface area (Å²) in [5, 5.41) is 4.26. The van der Waals surface area contributed by atoms with Crippen molar-refractivity contribution in [2.75, 3.05) is 26.2 Å². The zero-order chi connectivity index (χ0) is 17.3. The molecule has 2 heterocycles. The summed E-state index contributed by atoms with van der Waals surface area (Å²) in [7, 11) is 0. The molecule has 0 N–H and O–H groups in total. The van der Waals surface area contributed by atoms with Crippen LogP contribution in [0.3, 0.4) is 0 Å². The van der Waals surface area contributed by atoms with Gasteiger partial charge in [0.25, 0.3) is 5.91 Å². The molecule has 0 aliphatic carbocycles. The average Bonchev–Trinajstić information content (AvgIpc) is 2.96. The van der Waals surface area contributed by atoms with E-state index in [1.165, 1.54) is 19.1 Å². The summed E-state index contributed by atoms with van der Waals surface area (Å²) in [6.45, 7) is 5.47. The second-order valence-corrected chi connectivity index (χ2v) is 5.83. The lowest BCUT2D eigenvalue weighted by molar-refractivity contribution is -0.130. The van der Waals surface area contributed by atoms with Crippen LogP contribution in [0.25, 0.3) is 5.69 Å². The number of nitrogens with zero attached hydrogens (tertiary/aromatic N) is 4. The van der Waals surface area contributed by atoms with E-state index in [-0.39, 0.29) is 17.6 Å². The number of rotatable bonds is 2. The van der Waals surface area contributed by atoms with E-state index in [2.05, 4.69) is 5.10 Å². The van der Waals surface area contributed by atoms with Gasteiger partial charge in [-0.05, 0) is 31.2 Å². The lowest BCUT2D eigenvalue weighted by Gasteiger charge is -2.34. The minimum atomic E-state index is -0.316. The minimum absolute atomic E-state index is 0.0300. The van der Waals surface area contributed by atoms with E-state index in [0.29, 0.717) is 43.1 Å². The van der Waals surface area contributed by atoms with Crippen LogP contribution in [0, 0.1) is 12.7 Å². The summed E-state index contributed by atoms with van der Waals surface area (Å²) >= 11 is 0. The molecule has 2 aromatic rings. The second kappa shape index (κ2) is 6.43. The van der Waals surface area contributed by atoms with Crippen LogP contribution >= 0.6 is 0 Å². The Hall–Kier alpha value is -2.70. The highest BCUT2D eigenvalue weighted by Crippen LogP contribution is 2.17. The molecule has 1 aliphatic heterocycles. The molecule has 126 valence electrons. The van der Waals surface area contributed by atoms with E-state index >= 15 is 0 Å². The van der Waals surface area contributed by atoms with Gasteiger partial charge in [-0.3, -0.25) is 9.59 Å². The number of aromatic nitrogens is 2. The van der Waals surface area contributed by atoms with Gasteiger partial charge in [0.2, 0.25) is 5.91 Å². The Balaban J connectivity index is 1.77. The molecule has 2 amide bonds. The van der Waals surface area contributed by atoms with Crippen LogP contribution in [0.4, 0.5) is 4.39 Å². The Labute approximate surface area is 139 Å². The number of amides is 2. The number of piperazine rings is 1. The molecule has 0 atom stereocenters. The van der Waals surface area contributed by atoms with Gasteiger partial charge < -0.3 is 9.80 Å². The van der Waals surface area contributed by atoms with Crippen molar-refractivity contribution in [1.29, 1.82) is 0 Å². The van der Waals surface area contributed by atoms with Gasteiger partial charge in [-0.25, -0.2) is 9.07 Å². The standard InChI is InChI=1S/C17H19FN4O2/c1-12-16(11-19-22(12)15-5-3-14(18)4-6-15)17(24)21-9-7-20(8-10-21)13(2)23/h3-6,11H,7-10H2,1-2H3. The van der Waals surface area contributed by atoms with Crippen molar-refractivity contribution in [2.24, 2.45) is 0 Å². The molecule has 1 aliphatic rings. The number of benzene rings is 1. The van der Waals surface area contributed by atoms with Crippen LogP contribution in [0.5, 0.6) is 0 Å². The first-order valence-electron chi connectivity index (χ1n) is 7.82. The van der Waals surface area contributed by atoms with Crippen LogP contribution in [-0.2, 0) is 4.79 Å². The van der Waals surface area contributed by atoms with Gasteiger partial charge in [0.05, 0.1) is 23.1 Å². The third kappa shape index (κ3) is 3.02. The fourth-order valence-corrected chi connectivity index (χ4v) is 2.86. The van der Waals surface area contributed by atoms with E-state index in [9.17, 15) is 14.0 Å². The number of halogens is 1. The molecule has 24 heavy (non-hydrogen) atoms. The number of hydrogen-bond acceptors (Lipinski definition) is 3. The maximum atomic E-state index is 13.0. The number of carbonyl (C=O) groups is 2. The fraction of sp³-hybridized carbons (Fsp3) is 0.353. The second-order valence-electron chi connectivity index (χ2n) is 5.83. The topological polar surface area (TPSA) is 58.4 Å². The average molecular weight is 330 g/mol. The quantitative estimate of drug-likeness (QED) is 0.841. The molecule has 0 saturated carbocycles. The molecule has 1 fully saturated rings. The first-order chi connectivity index (χ1) is 11.5. The smallest absolute Gasteiger partial charge is 0.257 e. The Morgan fingerprint density at radius 2 is 1.62 bits per heavy atom. The molecule has 0 radical (unpaired) electrons. The van der Waals surface area contributed by atoms with Crippen LogP contribution in [0.2, 0.25) is 0 Å².